The van der Waals surface area contributed by atoms with Crippen LogP contribution < -0.4 is 5.11 Å². The molecule has 8 heteroatoms. The number of hydrogen-bond acceptors (Lipinski definition) is 5. The van der Waals surface area contributed by atoms with Gasteiger partial charge < -0.3 is 15.0 Å². The van der Waals surface area contributed by atoms with Gasteiger partial charge in [-0.15, -0.1) is 8.42 Å². The summed E-state index contributed by atoms with van der Waals surface area (Å²) >= 11 is 0. The Morgan fingerprint density at radius 2 is 1.84 bits per heavy atom. The van der Waals surface area contributed by atoms with Crippen LogP contribution in [0.3, 0.4) is 0 Å². The molecule has 0 aliphatic heterocycles. The molecule has 0 aliphatic rings. The first-order valence-corrected chi connectivity index (χ1v) is 7.18. The van der Waals surface area contributed by atoms with Crippen LogP contribution in [0, 0.1) is 0 Å². The Balaban J connectivity index is 0. The SMILES string of the molecule is CCC=C(C)C(=O)[O-].C[N+](C)(CCCO)S(=O)(=O)O. The van der Waals surface area contributed by atoms with Crippen LogP contribution in [-0.2, 0) is 15.1 Å². The maximum absolute atomic E-state index is 10.6. The van der Waals surface area contributed by atoms with E-state index in [0.29, 0.717) is 12.0 Å². The fraction of sp³-hybridized carbons (Fsp3) is 0.727. The third kappa shape index (κ3) is 9.60. The van der Waals surface area contributed by atoms with Gasteiger partial charge >= 0.3 is 10.3 Å². The van der Waals surface area contributed by atoms with Gasteiger partial charge in [0.1, 0.15) is 0 Å². The lowest BCUT2D eigenvalue weighted by molar-refractivity contribution is -0.767. The zero-order chi connectivity index (χ0) is 15.7. The van der Waals surface area contributed by atoms with Crippen molar-refractivity contribution in [2.45, 2.75) is 26.7 Å². The maximum atomic E-state index is 10.6. The van der Waals surface area contributed by atoms with E-state index < -0.39 is 20.2 Å². The fourth-order valence-electron chi connectivity index (χ4n) is 0.956. The number of carbonyl (C=O) groups is 1. The predicted molar refractivity (Wildman–Crippen MR) is 69.3 cm³/mol. The van der Waals surface area contributed by atoms with E-state index in [9.17, 15) is 18.3 Å². The van der Waals surface area contributed by atoms with Gasteiger partial charge in [-0.25, -0.2) is 4.55 Å². The van der Waals surface area contributed by atoms with Crippen LogP contribution in [0.1, 0.15) is 26.7 Å². The molecule has 114 valence electrons. The van der Waals surface area contributed by atoms with Crippen molar-refractivity contribution in [3.05, 3.63) is 11.6 Å². The fourth-order valence-corrected chi connectivity index (χ4v) is 1.32. The summed E-state index contributed by atoms with van der Waals surface area (Å²) in [5.74, 6) is -1.08. The maximum Gasteiger partial charge on any atom is 0.432 e. The Kier molecular flexibility index (Phi) is 9.67. The van der Waals surface area contributed by atoms with Crippen molar-refractivity contribution in [2.24, 2.45) is 0 Å². The summed E-state index contributed by atoms with van der Waals surface area (Å²) in [7, 11) is -1.32. The Bertz CT molecular complexity index is 399. The van der Waals surface area contributed by atoms with Crippen molar-refractivity contribution in [2.75, 3.05) is 27.2 Å². The van der Waals surface area contributed by atoms with E-state index in [2.05, 4.69) is 0 Å². The van der Waals surface area contributed by atoms with Crippen molar-refractivity contribution < 1.29 is 31.9 Å². The molecular weight excluding hydrogens is 274 g/mol. The van der Waals surface area contributed by atoms with Crippen molar-refractivity contribution in [1.29, 1.82) is 0 Å². The van der Waals surface area contributed by atoms with Gasteiger partial charge in [-0.3, -0.25) is 0 Å². The molecule has 0 aromatic rings. The van der Waals surface area contributed by atoms with Crippen LogP contribution in [0.25, 0.3) is 0 Å². The average molecular weight is 297 g/mol. The Morgan fingerprint density at radius 1 is 1.37 bits per heavy atom. The van der Waals surface area contributed by atoms with Crippen molar-refractivity contribution in [3.63, 3.8) is 0 Å². The highest BCUT2D eigenvalue weighted by Crippen LogP contribution is 2.05. The molecule has 0 fully saturated rings. The average Bonchev–Trinajstić information content (AvgIpc) is 2.26. The summed E-state index contributed by atoms with van der Waals surface area (Å²) < 4.78 is 29.3. The molecule has 0 rings (SSSR count). The topological polar surface area (TPSA) is 115 Å². The first-order valence-electron chi connectivity index (χ1n) is 5.79. The molecule has 2 N–H and O–H groups in total. The number of nitrogens with zero attached hydrogens (tertiary/aromatic N) is 1. The molecule has 0 saturated heterocycles. The summed E-state index contributed by atoms with van der Waals surface area (Å²) in [6.07, 6.45) is 2.72. The molecule has 0 aliphatic carbocycles. The molecule has 0 unspecified atom stereocenters. The second-order valence-corrected chi connectivity index (χ2v) is 6.29. The van der Waals surface area contributed by atoms with E-state index in [-0.39, 0.29) is 13.2 Å². The zero-order valence-corrected chi connectivity index (χ0v) is 12.6. The number of hydrogen-bond donors (Lipinski definition) is 2. The van der Waals surface area contributed by atoms with Gasteiger partial charge in [0.05, 0.1) is 26.6 Å². The quantitative estimate of drug-likeness (QED) is 0.382. The molecule has 0 aromatic heterocycles. The highest BCUT2D eigenvalue weighted by molar-refractivity contribution is 7.80. The van der Waals surface area contributed by atoms with E-state index in [1.54, 1.807) is 6.08 Å². The van der Waals surface area contributed by atoms with E-state index in [4.69, 9.17) is 9.66 Å². The third-order valence-electron chi connectivity index (χ3n) is 2.31. The molecule has 0 heterocycles. The number of carboxylic acid groups (broad SMARTS) is 1. The Hall–Kier alpha value is -0.960. The van der Waals surface area contributed by atoms with E-state index in [0.717, 1.165) is 6.42 Å². The van der Waals surface area contributed by atoms with Crippen molar-refractivity contribution in [3.8, 4) is 0 Å². The summed E-state index contributed by atoms with van der Waals surface area (Å²) in [6, 6.07) is 0. The first-order chi connectivity index (χ1) is 8.49. The second-order valence-electron chi connectivity index (χ2n) is 4.41. The van der Waals surface area contributed by atoms with Gasteiger partial charge in [-0.2, -0.15) is 3.89 Å². The van der Waals surface area contributed by atoms with Gasteiger partial charge in [0.25, 0.3) is 0 Å². The predicted octanol–water partition coefficient (Wildman–Crippen LogP) is -0.659. The van der Waals surface area contributed by atoms with Crippen LogP contribution in [0.5, 0.6) is 0 Å². The number of rotatable bonds is 6. The molecule has 19 heavy (non-hydrogen) atoms. The van der Waals surface area contributed by atoms with Crippen molar-refractivity contribution in [1.82, 2.24) is 0 Å². The number of carbonyl (C=O) groups excluding carboxylic acids is 1. The summed E-state index contributed by atoms with van der Waals surface area (Å²) in [5.41, 5.74) is 0.313. The van der Waals surface area contributed by atoms with Gasteiger partial charge in [-0.1, -0.05) is 13.0 Å². The second kappa shape index (κ2) is 9.03. The van der Waals surface area contributed by atoms with Gasteiger partial charge in [-0.05, 0) is 18.9 Å². The minimum absolute atomic E-state index is 0.0722. The third-order valence-corrected chi connectivity index (χ3v) is 3.74. The lowest BCUT2D eigenvalue weighted by Gasteiger charge is -2.23. The van der Waals surface area contributed by atoms with Crippen LogP contribution >= 0.6 is 0 Å². The van der Waals surface area contributed by atoms with Crippen molar-refractivity contribution >= 4 is 16.3 Å². The summed E-state index contributed by atoms with van der Waals surface area (Å²) in [6.45, 7) is 3.54. The smallest absolute Gasteiger partial charge is 0.432 e. The molecular formula is C11H23NO6S. The lowest BCUT2D eigenvalue weighted by atomic mass is 10.2. The van der Waals surface area contributed by atoms with Crippen LogP contribution in [0.4, 0.5) is 0 Å². The monoisotopic (exact) mass is 297 g/mol. The van der Waals surface area contributed by atoms with Gasteiger partial charge in [0.2, 0.25) is 0 Å². The molecule has 0 saturated carbocycles. The normalized spacial score (nSPS) is 12.6. The van der Waals surface area contributed by atoms with Crippen LogP contribution in [-0.4, -0.2) is 55.2 Å². The Morgan fingerprint density at radius 3 is 2.05 bits per heavy atom. The summed E-state index contributed by atoms with van der Waals surface area (Å²) in [4.78, 5) is 9.91. The van der Waals surface area contributed by atoms with Crippen LogP contribution in [0.2, 0.25) is 0 Å². The number of aliphatic hydroxyl groups excluding tert-OH is 1. The molecule has 0 spiro atoms. The lowest BCUT2D eigenvalue weighted by Crippen LogP contribution is -2.45. The van der Waals surface area contributed by atoms with E-state index in [1.165, 1.54) is 21.0 Å². The van der Waals surface area contributed by atoms with Gasteiger partial charge in [0.15, 0.2) is 0 Å². The van der Waals surface area contributed by atoms with Gasteiger partial charge in [0, 0.05) is 13.0 Å². The van der Waals surface area contributed by atoms with E-state index in [1.807, 2.05) is 6.92 Å². The molecule has 0 radical (unpaired) electrons. The van der Waals surface area contributed by atoms with Crippen LogP contribution in [0.15, 0.2) is 11.6 Å². The highest BCUT2D eigenvalue weighted by Gasteiger charge is 2.29. The first kappa shape index (κ1) is 20.4. The highest BCUT2D eigenvalue weighted by atomic mass is 32.2. The summed E-state index contributed by atoms with van der Waals surface area (Å²) in [5, 5.41) is 18.3. The number of quaternary nitrogens is 1. The molecule has 0 atom stereocenters. The minimum atomic E-state index is -4.05. The number of aliphatic carboxylic acids is 1. The number of aliphatic hydroxyl groups is 1. The largest absolute Gasteiger partial charge is 0.545 e. The molecule has 7 nitrogen and oxygen atoms in total. The molecule has 0 bridgehead atoms. The minimum Gasteiger partial charge on any atom is -0.545 e. The Labute approximate surface area is 114 Å². The number of carboxylic acids is 1. The molecule has 0 amide bonds. The molecule has 0 aromatic carbocycles. The zero-order valence-electron chi connectivity index (χ0n) is 11.8. The standard InChI is InChI=1S/C6H10O2.C5H13NO4S/c1-3-4-5(2)6(7)8;1-6(2,4-3-5-7)11(8,9)10/h4H,3H2,1-2H3,(H,7,8);7H,3-5H2,1-2H3. The van der Waals surface area contributed by atoms with E-state index >= 15 is 0 Å². The number of allylic oxidation sites excluding steroid dienone is 1.